The van der Waals surface area contributed by atoms with Gasteiger partial charge in [0.1, 0.15) is 17.6 Å². The summed E-state index contributed by atoms with van der Waals surface area (Å²) in [6, 6.07) is 11.6. The molecular weight excluding hydrogens is 218 g/mol. The predicted octanol–water partition coefficient (Wildman–Crippen LogP) is 2.65. The molecule has 0 saturated carbocycles. The van der Waals surface area contributed by atoms with E-state index in [2.05, 4.69) is 16.4 Å². The Kier molecular flexibility index (Phi) is 3.18. The summed E-state index contributed by atoms with van der Waals surface area (Å²) in [6.07, 6.45) is 0. The van der Waals surface area contributed by atoms with Crippen LogP contribution in [0.3, 0.4) is 0 Å². The summed E-state index contributed by atoms with van der Waals surface area (Å²) in [4.78, 5) is 7.56. The monoisotopic (exact) mass is 229 g/mol. The van der Waals surface area contributed by atoms with Crippen molar-refractivity contribution in [3.8, 4) is 6.07 Å². The van der Waals surface area contributed by atoms with Gasteiger partial charge in [-0.1, -0.05) is 12.1 Å². The lowest BCUT2D eigenvalue weighted by atomic mass is 10.3. The molecule has 4 heteroatoms. The van der Waals surface area contributed by atoms with Gasteiger partial charge in [0.05, 0.1) is 6.54 Å². The zero-order chi connectivity index (χ0) is 11.4. The highest BCUT2D eigenvalue weighted by Gasteiger charge is 2.04. The number of hydrogen-bond acceptors (Lipinski definition) is 4. The molecule has 2 aromatic rings. The minimum absolute atomic E-state index is 0.454. The molecule has 0 radical (unpaired) electrons. The first-order valence-corrected chi connectivity index (χ1v) is 5.78. The maximum atomic E-state index is 8.77. The first kappa shape index (κ1) is 10.7. The van der Waals surface area contributed by atoms with E-state index in [9.17, 15) is 0 Å². The average molecular weight is 229 g/mol. The van der Waals surface area contributed by atoms with Crippen molar-refractivity contribution in [2.75, 3.05) is 11.9 Å². The Labute approximate surface area is 98.6 Å². The Morgan fingerprint density at radius 3 is 2.94 bits per heavy atom. The van der Waals surface area contributed by atoms with Crippen molar-refractivity contribution >= 4 is 17.2 Å². The molecule has 2 aromatic heterocycles. The Hall–Kier alpha value is -1.86. The van der Waals surface area contributed by atoms with Crippen LogP contribution in [-0.2, 0) is 6.54 Å². The molecule has 0 unspecified atom stereocenters. The van der Waals surface area contributed by atoms with Crippen LogP contribution in [0.5, 0.6) is 0 Å². The number of rotatable bonds is 3. The summed E-state index contributed by atoms with van der Waals surface area (Å²) < 4.78 is 0. The number of aromatic nitrogens is 1. The van der Waals surface area contributed by atoms with E-state index < -0.39 is 0 Å². The lowest BCUT2D eigenvalue weighted by Crippen LogP contribution is -2.17. The molecule has 0 fully saturated rings. The number of thiophene rings is 1. The van der Waals surface area contributed by atoms with Crippen molar-refractivity contribution in [3.63, 3.8) is 0 Å². The van der Waals surface area contributed by atoms with Crippen LogP contribution in [0.15, 0.2) is 35.7 Å². The van der Waals surface area contributed by atoms with Crippen molar-refractivity contribution in [2.45, 2.75) is 6.54 Å². The highest BCUT2D eigenvalue weighted by molar-refractivity contribution is 7.09. The van der Waals surface area contributed by atoms with E-state index >= 15 is 0 Å². The Bertz CT molecular complexity index is 499. The smallest absolute Gasteiger partial charge is 0.142 e. The molecular formula is C12H11N3S. The predicted molar refractivity (Wildman–Crippen MR) is 65.4 cm³/mol. The maximum Gasteiger partial charge on any atom is 0.142 e. The number of pyridine rings is 1. The second-order valence-electron chi connectivity index (χ2n) is 3.43. The topological polar surface area (TPSA) is 39.9 Å². The number of anilines is 1. The zero-order valence-electron chi connectivity index (χ0n) is 8.92. The molecule has 0 bridgehead atoms. The molecule has 2 rings (SSSR count). The van der Waals surface area contributed by atoms with Gasteiger partial charge in [-0.05, 0) is 23.6 Å². The Morgan fingerprint density at radius 2 is 2.25 bits per heavy atom. The second kappa shape index (κ2) is 4.77. The third-order valence-electron chi connectivity index (χ3n) is 2.21. The molecule has 16 heavy (non-hydrogen) atoms. The van der Waals surface area contributed by atoms with Crippen LogP contribution in [0.4, 0.5) is 5.82 Å². The fourth-order valence-corrected chi connectivity index (χ4v) is 2.17. The van der Waals surface area contributed by atoms with Gasteiger partial charge in [-0.25, -0.2) is 4.98 Å². The van der Waals surface area contributed by atoms with E-state index in [4.69, 9.17) is 5.26 Å². The van der Waals surface area contributed by atoms with Gasteiger partial charge >= 0.3 is 0 Å². The molecule has 0 aliphatic heterocycles. The lowest BCUT2D eigenvalue weighted by molar-refractivity contribution is 0.910. The summed E-state index contributed by atoms with van der Waals surface area (Å²) in [6.45, 7) is 0.819. The Morgan fingerprint density at radius 1 is 1.38 bits per heavy atom. The summed E-state index contributed by atoms with van der Waals surface area (Å²) in [7, 11) is 1.98. The van der Waals surface area contributed by atoms with Gasteiger partial charge in [0.15, 0.2) is 0 Å². The van der Waals surface area contributed by atoms with Crippen LogP contribution in [0, 0.1) is 11.3 Å². The van der Waals surface area contributed by atoms with E-state index in [1.54, 1.807) is 17.4 Å². The van der Waals surface area contributed by atoms with Gasteiger partial charge in [0.25, 0.3) is 0 Å². The van der Waals surface area contributed by atoms with Crippen molar-refractivity contribution < 1.29 is 0 Å². The molecule has 0 spiro atoms. The summed E-state index contributed by atoms with van der Waals surface area (Å²) in [5.74, 6) is 0.826. The second-order valence-corrected chi connectivity index (χ2v) is 4.46. The van der Waals surface area contributed by atoms with Crippen molar-refractivity contribution in [2.24, 2.45) is 0 Å². The van der Waals surface area contributed by atoms with Gasteiger partial charge in [-0.15, -0.1) is 11.3 Å². The number of nitriles is 1. The molecule has 80 valence electrons. The normalized spacial score (nSPS) is 9.75. The molecule has 3 nitrogen and oxygen atoms in total. The first-order valence-electron chi connectivity index (χ1n) is 4.90. The van der Waals surface area contributed by atoms with Crippen molar-refractivity contribution in [1.82, 2.24) is 4.98 Å². The minimum atomic E-state index is 0.454. The van der Waals surface area contributed by atoms with E-state index in [-0.39, 0.29) is 0 Å². The van der Waals surface area contributed by atoms with Crippen LogP contribution in [0.1, 0.15) is 10.6 Å². The largest absolute Gasteiger partial charge is 0.354 e. The molecule has 0 N–H and O–H groups in total. The van der Waals surface area contributed by atoms with Crippen LogP contribution in [0.2, 0.25) is 0 Å². The highest BCUT2D eigenvalue weighted by Crippen LogP contribution is 2.16. The van der Waals surface area contributed by atoms with E-state index in [1.807, 2.05) is 36.2 Å². The fraction of sp³-hybridized carbons (Fsp3) is 0.167. The maximum absolute atomic E-state index is 8.77. The van der Waals surface area contributed by atoms with Crippen LogP contribution in [0.25, 0.3) is 0 Å². The van der Waals surface area contributed by atoms with Gasteiger partial charge in [-0.3, -0.25) is 0 Å². The highest BCUT2D eigenvalue weighted by atomic mass is 32.1. The van der Waals surface area contributed by atoms with E-state index in [1.165, 1.54) is 4.88 Å². The molecule has 0 amide bonds. The average Bonchev–Trinajstić information content (AvgIpc) is 2.82. The standard InChI is InChI=1S/C12H11N3S/c1-15(9-11-5-3-7-16-11)12-6-2-4-10(8-13)14-12/h2-7H,9H2,1H3. The molecule has 0 atom stereocenters. The summed E-state index contributed by atoms with van der Waals surface area (Å²) in [5.41, 5.74) is 0.454. The van der Waals surface area contributed by atoms with Crippen molar-refractivity contribution in [3.05, 3.63) is 46.3 Å². The molecule has 0 saturated heterocycles. The van der Waals surface area contributed by atoms with E-state index in [0.717, 1.165) is 12.4 Å². The quantitative estimate of drug-likeness (QED) is 0.812. The Balaban J connectivity index is 2.15. The van der Waals surface area contributed by atoms with Gasteiger partial charge in [-0.2, -0.15) is 5.26 Å². The van der Waals surface area contributed by atoms with Crippen LogP contribution < -0.4 is 4.90 Å². The molecule has 0 aliphatic rings. The van der Waals surface area contributed by atoms with E-state index in [0.29, 0.717) is 5.69 Å². The van der Waals surface area contributed by atoms with Crippen molar-refractivity contribution in [1.29, 1.82) is 5.26 Å². The molecule has 0 aromatic carbocycles. The third-order valence-corrected chi connectivity index (χ3v) is 3.07. The third kappa shape index (κ3) is 2.38. The minimum Gasteiger partial charge on any atom is -0.354 e. The van der Waals surface area contributed by atoms with Gasteiger partial charge in [0.2, 0.25) is 0 Å². The molecule has 0 aliphatic carbocycles. The SMILES string of the molecule is CN(Cc1cccs1)c1cccc(C#N)n1. The summed E-state index contributed by atoms with van der Waals surface area (Å²) in [5, 5.41) is 10.8. The van der Waals surface area contributed by atoms with Crippen LogP contribution in [-0.4, -0.2) is 12.0 Å². The van der Waals surface area contributed by atoms with Crippen LogP contribution >= 0.6 is 11.3 Å². The lowest BCUT2D eigenvalue weighted by Gasteiger charge is -2.16. The zero-order valence-corrected chi connectivity index (χ0v) is 9.74. The number of nitrogens with zero attached hydrogens (tertiary/aromatic N) is 3. The first-order chi connectivity index (χ1) is 7.79. The number of hydrogen-bond donors (Lipinski definition) is 0. The van der Waals surface area contributed by atoms with Gasteiger partial charge in [0, 0.05) is 11.9 Å². The summed E-state index contributed by atoms with van der Waals surface area (Å²) >= 11 is 1.72. The molecule has 2 heterocycles. The fourth-order valence-electron chi connectivity index (χ4n) is 1.42. The van der Waals surface area contributed by atoms with Gasteiger partial charge < -0.3 is 4.90 Å².